The van der Waals surface area contributed by atoms with E-state index < -0.39 is 0 Å². The lowest BCUT2D eigenvalue weighted by Gasteiger charge is -2.36. The van der Waals surface area contributed by atoms with Crippen LogP contribution in [-0.2, 0) is 11.2 Å². The average molecular weight is 415 g/mol. The van der Waals surface area contributed by atoms with Crippen LogP contribution >= 0.6 is 11.3 Å². The highest BCUT2D eigenvalue weighted by atomic mass is 32.1. The SMILES string of the molecule is CN(C(=O)CCCNC(=O)c1ccsc1)C1CCN(CCc2ccccn2)CC1. The summed E-state index contributed by atoms with van der Waals surface area (Å²) in [5, 5.41) is 6.59. The molecular formula is C22H30N4O2S. The molecule has 7 heteroatoms. The molecule has 0 aliphatic carbocycles. The summed E-state index contributed by atoms with van der Waals surface area (Å²) in [5.74, 6) is 0.104. The van der Waals surface area contributed by atoms with E-state index in [0.29, 0.717) is 31.0 Å². The number of nitrogens with zero attached hydrogens (tertiary/aromatic N) is 3. The van der Waals surface area contributed by atoms with Crippen LogP contribution in [0, 0.1) is 0 Å². The predicted octanol–water partition coefficient (Wildman–Crippen LogP) is 2.82. The van der Waals surface area contributed by atoms with Gasteiger partial charge < -0.3 is 15.1 Å². The van der Waals surface area contributed by atoms with E-state index in [2.05, 4.69) is 21.3 Å². The highest BCUT2D eigenvalue weighted by Gasteiger charge is 2.25. The molecule has 0 aromatic carbocycles. The fraction of sp³-hybridized carbons (Fsp3) is 0.500. The van der Waals surface area contributed by atoms with Crippen LogP contribution in [0.15, 0.2) is 41.2 Å². The number of carbonyl (C=O) groups is 2. The first-order valence-electron chi connectivity index (χ1n) is 10.3. The van der Waals surface area contributed by atoms with Gasteiger partial charge in [0.1, 0.15) is 0 Å². The lowest BCUT2D eigenvalue weighted by molar-refractivity contribution is -0.132. The lowest BCUT2D eigenvalue weighted by atomic mass is 10.0. The van der Waals surface area contributed by atoms with Crippen molar-refractivity contribution >= 4 is 23.2 Å². The Bertz CT molecular complexity index is 758. The van der Waals surface area contributed by atoms with E-state index >= 15 is 0 Å². The van der Waals surface area contributed by atoms with Gasteiger partial charge >= 0.3 is 0 Å². The van der Waals surface area contributed by atoms with Crippen LogP contribution in [0.4, 0.5) is 0 Å². The van der Waals surface area contributed by atoms with Crippen molar-refractivity contribution in [2.75, 3.05) is 33.2 Å². The van der Waals surface area contributed by atoms with E-state index in [4.69, 9.17) is 0 Å². The summed E-state index contributed by atoms with van der Waals surface area (Å²) >= 11 is 1.51. The topological polar surface area (TPSA) is 65.5 Å². The first-order chi connectivity index (χ1) is 14.1. The van der Waals surface area contributed by atoms with Crippen molar-refractivity contribution in [3.8, 4) is 0 Å². The number of likely N-dealkylation sites (tertiary alicyclic amines) is 1. The highest BCUT2D eigenvalue weighted by molar-refractivity contribution is 7.08. The van der Waals surface area contributed by atoms with Gasteiger partial charge in [-0.05, 0) is 42.8 Å². The van der Waals surface area contributed by atoms with Gasteiger partial charge in [-0.3, -0.25) is 14.6 Å². The van der Waals surface area contributed by atoms with Crippen molar-refractivity contribution in [2.24, 2.45) is 0 Å². The summed E-state index contributed by atoms with van der Waals surface area (Å²) in [7, 11) is 1.92. The molecule has 0 atom stereocenters. The maximum Gasteiger partial charge on any atom is 0.252 e. The lowest BCUT2D eigenvalue weighted by Crippen LogP contribution is -2.46. The van der Waals surface area contributed by atoms with E-state index in [1.54, 1.807) is 0 Å². The van der Waals surface area contributed by atoms with E-state index in [1.165, 1.54) is 11.3 Å². The molecule has 29 heavy (non-hydrogen) atoms. The number of hydrogen-bond donors (Lipinski definition) is 1. The quantitative estimate of drug-likeness (QED) is 0.641. The van der Waals surface area contributed by atoms with Gasteiger partial charge in [0.25, 0.3) is 5.91 Å². The molecule has 3 rings (SSSR count). The standard InChI is InChI=1S/C22H30N4O2S/c1-25(21(27)6-4-12-24-22(28)18-10-16-29-17-18)20-8-14-26(15-9-20)13-7-19-5-2-3-11-23-19/h2-3,5,10-11,16-17,20H,4,6-9,12-15H2,1H3,(H,24,28). The molecule has 2 amide bonds. The molecule has 2 aromatic rings. The third kappa shape index (κ3) is 6.65. The van der Waals surface area contributed by atoms with Crippen molar-refractivity contribution in [1.29, 1.82) is 0 Å². The first kappa shape index (κ1) is 21.5. The number of aromatic nitrogens is 1. The third-order valence-electron chi connectivity index (χ3n) is 5.54. The fourth-order valence-corrected chi connectivity index (χ4v) is 4.30. The predicted molar refractivity (Wildman–Crippen MR) is 116 cm³/mol. The van der Waals surface area contributed by atoms with Gasteiger partial charge in [0.05, 0.1) is 0 Å². The number of pyridine rings is 1. The molecule has 0 bridgehead atoms. The molecule has 3 heterocycles. The maximum absolute atomic E-state index is 12.5. The van der Waals surface area contributed by atoms with Gasteiger partial charge in [-0.2, -0.15) is 11.3 Å². The molecule has 0 saturated carbocycles. The van der Waals surface area contributed by atoms with Gasteiger partial charge in [0.15, 0.2) is 0 Å². The molecule has 6 nitrogen and oxygen atoms in total. The monoisotopic (exact) mass is 414 g/mol. The fourth-order valence-electron chi connectivity index (χ4n) is 3.67. The Morgan fingerprint density at radius 3 is 2.79 bits per heavy atom. The largest absolute Gasteiger partial charge is 0.352 e. The minimum atomic E-state index is -0.0647. The van der Waals surface area contributed by atoms with Crippen molar-refractivity contribution in [3.63, 3.8) is 0 Å². The summed E-state index contributed by atoms with van der Waals surface area (Å²) in [4.78, 5) is 33.2. The third-order valence-corrected chi connectivity index (χ3v) is 6.23. The van der Waals surface area contributed by atoms with E-state index in [-0.39, 0.29) is 11.8 Å². The second-order valence-corrected chi connectivity index (χ2v) is 8.30. The van der Waals surface area contributed by atoms with Crippen molar-refractivity contribution in [2.45, 2.75) is 38.1 Å². The molecule has 1 fully saturated rings. The number of carbonyl (C=O) groups excluding carboxylic acids is 2. The zero-order valence-corrected chi connectivity index (χ0v) is 17.9. The molecule has 2 aromatic heterocycles. The number of hydrogen-bond acceptors (Lipinski definition) is 5. The molecule has 1 aliphatic rings. The molecule has 156 valence electrons. The van der Waals surface area contributed by atoms with Crippen LogP contribution in [0.5, 0.6) is 0 Å². The Kier molecular flexibility index (Phi) is 8.19. The van der Waals surface area contributed by atoms with Crippen LogP contribution in [0.1, 0.15) is 41.7 Å². The molecule has 0 unspecified atom stereocenters. The van der Waals surface area contributed by atoms with Crippen LogP contribution in [0.3, 0.4) is 0 Å². The summed E-state index contributed by atoms with van der Waals surface area (Å²) < 4.78 is 0. The second-order valence-electron chi connectivity index (χ2n) is 7.52. The van der Waals surface area contributed by atoms with Crippen LogP contribution in [0.2, 0.25) is 0 Å². The van der Waals surface area contributed by atoms with Gasteiger partial charge in [-0.1, -0.05) is 6.07 Å². The number of nitrogens with one attached hydrogen (secondary N) is 1. The van der Waals surface area contributed by atoms with Crippen molar-refractivity contribution in [3.05, 3.63) is 52.5 Å². The van der Waals surface area contributed by atoms with Crippen LogP contribution in [-0.4, -0.2) is 65.9 Å². The zero-order chi connectivity index (χ0) is 20.5. The zero-order valence-electron chi connectivity index (χ0n) is 17.0. The normalized spacial score (nSPS) is 15.2. The number of rotatable bonds is 9. The summed E-state index contributed by atoms with van der Waals surface area (Å²) in [6, 6.07) is 8.17. The Hall–Kier alpha value is -2.25. The summed E-state index contributed by atoms with van der Waals surface area (Å²) in [5.41, 5.74) is 1.82. The summed E-state index contributed by atoms with van der Waals surface area (Å²) in [6.07, 6.45) is 5.98. The minimum Gasteiger partial charge on any atom is -0.352 e. The van der Waals surface area contributed by atoms with Crippen molar-refractivity contribution in [1.82, 2.24) is 20.1 Å². The number of thiophene rings is 1. The van der Waals surface area contributed by atoms with Crippen LogP contribution in [0.25, 0.3) is 0 Å². The van der Waals surface area contributed by atoms with E-state index in [1.807, 2.05) is 47.1 Å². The maximum atomic E-state index is 12.5. The number of piperidine rings is 1. The smallest absolute Gasteiger partial charge is 0.252 e. The van der Waals surface area contributed by atoms with E-state index in [9.17, 15) is 9.59 Å². The van der Waals surface area contributed by atoms with Gasteiger partial charge in [0.2, 0.25) is 5.91 Å². The first-order valence-corrected chi connectivity index (χ1v) is 11.3. The van der Waals surface area contributed by atoms with Gasteiger partial charge in [0, 0.05) is 74.9 Å². The van der Waals surface area contributed by atoms with Crippen LogP contribution < -0.4 is 5.32 Å². The second kappa shape index (κ2) is 11.1. The van der Waals surface area contributed by atoms with Gasteiger partial charge in [-0.15, -0.1) is 0 Å². The Balaban J connectivity index is 1.30. The van der Waals surface area contributed by atoms with Crippen molar-refractivity contribution < 1.29 is 9.59 Å². The highest BCUT2D eigenvalue weighted by Crippen LogP contribution is 2.17. The molecule has 1 saturated heterocycles. The molecular weight excluding hydrogens is 384 g/mol. The Morgan fingerprint density at radius 1 is 1.28 bits per heavy atom. The minimum absolute atomic E-state index is 0.0647. The molecule has 1 N–H and O–H groups in total. The molecule has 0 spiro atoms. The summed E-state index contributed by atoms with van der Waals surface area (Å²) in [6.45, 7) is 3.59. The average Bonchev–Trinajstić information content (AvgIpc) is 3.31. The molecule has 1 aliphatic heterocycles. The Labute approximate surface area is 176 Å². The number of amides is 2. The molecule has 0 radical (unpaired) electrons. The Morgan fingerprint density at radius 2 is 2.10 bits per heavy atom. The van der Waals surface area contributed by atoms with E-state index in [0.717, 1.165) is 44.6 Å². The van der Waals surface area contributed by atoms with Gasteiger partial charge in [-0.25, -0.2) is 0 Å².